The molecule has 0 N–H and O–H groups in total. The van der Waals surface area contributed by atoms with E-state index in [2.05, 4.69) is 42.5 Å². The van der Waals surface area contributed by atoms with Crippen molar-refractivity contribution >= 4 is 11.6 Å². The second-order valence-electron chi connectivity index (χ2n) is 5.40. The zero-order chi connectivity index (χ0) is 13.0. The molecule has 2 atom stereocenters. The number of fused-ring (bicyclic) bond motifs is 5. The van der Waals surface area contributed by atoms with Gasteiger partial charge in [-0.05, 0) is 29.2 Å². The normalized spacial score (nSPS) is 22.9. The minimum absolute atomic E-state index is 0.136. The molecule has 2 aromatic carbocycles. The number of hydrogen-bond acceptors (Lipinski definition) is 1. The van der Waals surface area contributed by atoms with Crippen molar-refractivity contribution in [3.63, 3.8) is 0 Å². The van der Waals surface area contributed by atoms with Crippen molar-refractivity contribution in [2.45, 2.75) is 25.3 Å². The third-order valence-electron chi connectivity index (χ3n) is 4.41. The van der Waals surface area contributed by atoms with Crippen LogP contribution in [-0.4, -0.2) is 5.91 Å². The van der Waals surface area contributed by atoms with Gasteiger partial charge in [-0.25, -0.2) is 0 Å². The standard InChI is InChI=1S/C17H15NO/c1-11(19)18-16-9-5-4-8-14(16)15-10-12-6-2-3-7-13(12)17(15)18/h2-9,15,17H,10H2,1H3. The van der Waals surface area contributed by atoms with E-state index in [0.717, 1.165) is 12.1 Å². The van der Waals surface area contributed by atoms with E-state index in [1.165, 1.54) is 16.7 Å². The molecular formula is C17H15NO. The number of benzene rings is 2. The molecule has 2 aromatic rings. The van der Waals surface area contributed by atoms with Gasteiger partial charge in [0.2, 0.25) is 5.91 Å². The second kappa shape index (κ2) is 3.70. The largest absolute Gasteiger partial charge is 0.304 e. The lowest BCUT2D eigenvalue weighted by Gasteiger charge is -2.24. The molecule has 0 aromatic heterocycles. The van der Waals surface area contributed by atoms with Crippen LogP contribution in [0.2, 0.25) is 0 Å². The summed E-state index contributed by atoms with van der Waals surface area (Å²) in [5.41, 5.74) is 5.12. The molecule has 0 saturated carbocycles. The Labute approximate surface area is 112 Å². The van der Waals surface area contributed by atoms with Crippen LogP contribution in [0.25, 0.3) is 0 Å². The van der Waals surface area contributed by atoms with Gasteiger partial charge in [-0.3, -0.25) is 4.79 Å². The van der Waals surface area contributed by atoms with Crippen LogP contribution in [-0.2, 0) is 11.2 Å². The second-order valence-corrected chi connectivity index (χ2v) is 5.40. The number of para-hydroxylation sites is 1. The highest BCUT2D eigenvalue weighted by atomic mass is 16.2. The number of rotatable bonds is 0. The molecule has 94 valence electrons. The topological polar surface area (TPSA) is 20.3 Å². The average molecular weight is 249 g/mol. The van der Waals surface area contributed by atoms with Gasteiger partial charge in [0.1, 0.15) is 0 Å². The Morgan fingerprint density at radius 2 is 1.74 bits per heavy atom. The van der Waals surface area contributed by atoms with Crippen molar-refractivity contribution in [1.29, 1.82) is 0 Å². The predicted octanol–water partition coefficient (Wildman–Crippen LogP) is 3.43. The lowest BCUT2D eigenvalue weighted by molar-refractivity contribution is -0.117. The molecule has 1 aliphatic heterocycles. The van der Waals surface area contributed by atoms with Crippen LogP contribution in [0.3, 0.4) is 0 Å². The molecular weight excluding hydrogens is 234 g/mol. The number of nitrogens with zero attached hydrogens (tertiary/aromatic N) is 1. The van der Waals surface area contributed by atoms with Gasteiger partial charge in [0.25, 0.3) is 0 Å². The highest BCUT2D eigenvalue weighted by Gasteiger charge is 2.45. The highest BCUT2D eigenvalue weighted by molar-refractivity contribution is 5.96. The molecule has 2 aliphatic rings. The summed E-state index contributed by atoms with van der Waals surface area (Å²) in [6, 6.07) is 17.0. The summed E-state index contributed by atoms with van der Waals surface area (Å²) in [4.78, 5) is 14.1. The number of amides is 1. The Kier molecular flexibility index (Phi) is 2.10. The fourth-order valence-electron chi connectivity index (χ4n) is 3.71. The van der Waals surface area contributed by atoms with Crippen LogP contribution in [0.4, 0.5) is 5.69 Å². The summed E-state index contributed by atoms with van der Waals surface area (Å²) in [7, 11) is 0. The third-order valence-corrected chi connectivity index (χ3v) is 4.41. The van der Waals surface area contributed by atoms with Gasteiger partial charge < -0.3 is 4.90 Å². The minimum Gasteiger partial charge on any atom is -0.304 e. The molecule has 2 heteroatoms. The van der Waals surface area contributed by atoms with Gasteiger partial charge >= 0.3 is 0 Å². The van der Waals surface area contributed by atoms with Crippen molar-refractivity contribution in [3.8, 4) is 0 Å². The maximum atomic E-state index is 12.1. The maximum Gasteiger partial charge on any atom is 0.224 e. The van der Waals surface area contributed by atoms with Gasteiger partial charge in [-0.15, -0.1) is 0 Å². The van der Waals surface area contributed by atoms with E-state index in [-0.39, 0.29) is 11.9 Å². The lowest BCUT2D eigenvalue weighted by Crippen LogP contribution is -2.29. The lowest BCUT2D eigenvalue weighted by atomic mass is 9.96. The first-order valence-electron chi connectivity index (χ1n) is 6.74. The van der Waals surface area contributed by atoms with E-state index in [9.17, 15) is 4.79 Å². The summed E-state index contributed by atoms with van der Waals surface area (Å²) in [5, 5.41) is 0. The summed E-state index contributed by atoms with van der Waals surface area (Å²) in [6.07, 6.45) is 1.04. The highest BCUT2D eigenvalue weighted by Crippen LogP contribution is 2.54. The Morgan fingerprint density at radius 3 is 2.53 bits per heavy atom. The minimum atomic E-state index is 0.136. The number of carbonyl (C=O) groups is 1. The van der Waals surface area contributed by atoms with Gasteiger partial charge in [-0.1, -0.05) is 42.5 Å². The number of carbonyl (C=O) groups excluding carboxylic acids is 1. The van der Waals surface area contributed by atoms with E-state index in [1.54, 1.807) is 6.92 Å². The molecule has 0 radical (unpaired) electrons. The molecule has 2 unspecified atom stereocenters. The van der Waals surface area contributed by atoms with Crippen LogP contribution in [0, 0.1) is 0 Å². The Balaban J connectivity index is 1.94. The first kappa shape index (κ1) is 10.8. The molecule has 19 heavy (non-hydrogen) atoms. The molecule has 0 saturated heterocycles. The summed E-state index contributed by atoms with van der Waals surface area (Å²) < 4.78 is 0. The van der Waals surface area contributed by atoms with E-state index in [4.69, 9.17) is 0 Å². The zero-order valence-corrected chi connectivity index (χ0v) is 10.8. The van der Waals surface area contributed by atoms with Crippen LogP contribution in [0.1, 0.15) is 35.6 Å². The third kappa shape index (κ3) is 1.34. The van der Waals surface area contributed by atoms with Crippen molar-refractivity contribution in [2.75, 3.05) is 4.90 Å². The first-order valence-corrected chi connectivity index (χ1v) is 6.74. The fraction of sp³-hybridized carbons (Fsp3) is 0.235. The van der Waals surface area contributed by atoms with E-state index >= 15 is 0 Å². The van der Waals surface area contributed by atoms with Gasteiger partial charge in [0.05, 0.1) is 6.04 Å². The van der Waals surface area contributed by atoms with E-state index in [1.807, 2.05) is 11.0 Å². The fourth-order valence-corrected chi connectivity index (χ4v) is 3.71. The van der Waals surface area contributed by atoms with Crippen molar-refractivity contribution in [2.24, 2.45) is 0 Å². The van der Waals surface area contributed by atoms with Gasteiger partial charge in [0, 0.05) is 18.5 Å². The quantitative estimate of drug-likeness (QED) is 0.700. The van der Waals surface area contributed by atoms with Crippen LogP contribution < -0.4 is 4.90 Å². The molecule has 2 nitrogen and oxygen atoms in total. The Hall–Kier alpha value is -2.09. The smallest absolute Gasteiger partial charge is 0.224 e. The molecule has 4 rings (SSSR count). The zero-order valence-electron chi connectivity index (χ0n) is 10.8. The van der Waals surface area contributed by atoms with Crippen molar-refractivity contribution in [3.05, 3.63) is 65.2 Å². The molecule has 1 heterocycles. The Morgan fingerprint density at radius 1 is 1.05 bits per heavy atom. The SMILES string of the molecule is CC(=O)N1c2ccccc2C2Cc3ccccc3C21. The molecule has 0 spiro atoms. The van der Waals surface area contributed by atoms with Gasteiger partial charge in [0.15, 0.2) is 0 Å². The Bertz CT molecular complexity index is 676. The van der Waals surface area contributed by atoms with E-state index in [0.29, 0.717) is 5.92 Å². The van der Waals surface area contributed by atoms with Crippen molar-refractivity contribution < 1.29 is 4.79 Å². The van der Waals surface area contributed by atoms with Gasteiger partial charge in [-0.2, -0.15) is 0 Å². The predicted molar refractivity (Wildman–Crippen MR) is 75.2 cm³/mol. The van der Waals surface area contributed by atoms with Crippen LogP contribution in [0.15, 0.2) is 48.5 Å². The first-order chi connectivity index (χ1) is 9.27. The molecule has 0 fully saturated rings. The molecule has 1 amide bonds. The van der Waals surface area contributed by atoms with E-state index < -0.39 is 0 Å². The maximum absolute atomic E-state index is 12.1. The monoisotopic (exact) mass is 249 g/mol. The molecule has 0 bridgehead atoms. The van der Waals surface area contributed by atoms with Crippen molar-refractivity contribution in [1.82, 2.24) is 0 Å². The number of anilines is 1. The summed E-state index contributed by atoms with van der Waals surface area (Å²) in [6.45, 7) is 1.67. The van der Waals surface area contributed by atoms with Crippen LogP contribution >= 0.6 is 0 Å². The summed E-state index contributed by atoms with van der Waals surface area (Å²) >= 11 is 0. The average Bonchev–Trinajstić information content (AvgIpc) is 2.93. The van der Waals surface area contributed by atoms with Crippen LogP contribution in [0.5, 0.6) is 0 Å². The number of hydrogen-bond donors (Lipinski definition) is 0. The summed E-state index contributed by atoms with van der Waals surface area (Å²) in [5.74, 6) is 0.564. The molecule has 1 aliphatic carbocycles.